The van der Waals surface area contributed by atoms with Gasteiger partial charge in [-0.05, 0) is 49.4 Å². The largest absolute Gasteiger partial charge is 0.490 e. The minimum absolute atomic E-state index is 0.362. The van der Waals surface area contributed by atoms with Crippen LogP contribution in [0.25, 0.3) is 0 Å². The van der Waals surface area contributed by atoms with E-state index in [0.717, 1.165) is 17.8 Å². The maximum Gasteiger partial charge on any atom is 0.423 e. The summed E-state index contributed by atoms with van der Waals surface area (Å²) in [6.07, 6.45) is -3.49. The van der Waals surface area contributed by atoms with Gasteiger partial charge in [-0.2, -0.15) is 13.2 Å². The summed E-state index contributed by atoms with van der Waals surface area (Å²) in [4.78, 5) is 15.4. The summed E-state index contributed by atoms with van der Waals surface area (Å²) in [6.45, 7) is 0. The molecule has 2 aliphatic carbocycles. The number of hydrogen-bond acceptors (Lipinski definition) is 5. The molecule has 2 fully saturated rings. The number of rotatable bonds is 7. The van der Waals surface area contributed by atoms with Gasteiger partial charge in [0.25, 0.3) is 5.92 Å². The second-order valence-corrected chi connectivity index (χ2v) is 8.68. The molecular weight excluding hydrogens is 480 g/mol. The molecule has 2 aliphatic rings. The number of halogens is 6. The van der Waals surface area contributed by atoms with E-state index in [1.807, 2.05) is 10.9 Å². The average Bonchev–Trinajstić information content (AvgIpc) is 3.46. The number of pyridine rings is 1. The number of methoxy groups -OCH3 is 1. The summed E-state index contributed by atoms with van der Waals surface area (Å²) < 4.78 is 92.4. The van der Waals surface area contributed by atoms with E-state index in [1.54, 1.807) is 12.1 Å². The van der Waals surface area contributed by atoms with E-state index < -0.39 is 59.2 Å². The first-order valence-electron chi connectivity index (χ1n) is 10.9. The number of hydrazine groups is 1. The van der Waals surface area contributed by atoms with Crippen molar-refractivity contribution in [3.8, 4) is 5.75 Å². The van der Waals surface area contributed by atoms with Crippen LogP contribution in [-0.4, -0.2) is 30.0 Å². The first-order chi connectivity index (χ1) is 16.4. The van der Waals surface area contributed by atoms with Crippen LogP contribution in [0.1, 0.15) is 43.2 Å². The molecule has 0 radical (unpaired) electrons. The molecule has 1 aromatic carbocycles. The van der Waals surface area contributed by atoms with E-state index in [9.17, 15) is 31.1 Å². The number of anilines is 1. The van der Waals surface area contributed by atoms with Gasteiger partial charge in [0.05, 0.1) is 11.7 Å². The lowest BCUT2D eigenvalue weighted by atomic mass is 9.78. The summed E-state index contributed by atoms with van der Waals surface area (Å²) in [5.41, 5.74) is 2.68. The predicted octanol–water partition coefficient (Wildman–Crippen LogP) is 5.20. The van der Waals surface area contributed by atoms with E-state index in [1.165, 1.54) is 19.2 Å². The van der Waals surface area contributed by atoms with Crippen molar-refractivity contribution in [2.24, 2.45) is 5.92 Å². The van der Waals surface area contributed by atoms with Crippen molar-refractivity contribution in [1.82, 2.24) is 10.4 Å². The van der Waals surface area contributed by atoms with Crippen LogP contribution in [0.2, 0.25) is 0 Å². The number of benzene rings is 1. The van der Waals surface area contributed by atoms with Gasteiger partial charge >= 0.3 is 6.18 Å². The molecule has 35 heavy (non-hydrogen) atoms. The van der Waals surface area contributed by atoms with Crippen molar-refractivity contribution < 1.29 is 40.6 Å². The first kappa shape index (κ1) is 25.1. The number of amides is 1. The van der Waals surface area contributed by atoms with Crippen LogP contribution < -0.4 is 15.6 Å². The molecule has 2 aromatic rings. The maximum absolute atomic E-state index is 13.9. The summed E-state index contributed by atoms with van der Waals surface area (Å²) in [5, 5.41) is 0. The SMILES string of the molecule is CO[C@]1(c2ccc(F)cc2)CC[C@@H](Oc2ccnc(NNC(=O)C3CC3(F)F)c2C(F)(F)F)CC1. The van der Waals surface area contributed by atoms with E-state index in [2.05, 4.69) is 4.98 Å². The minimum Gasteiger partial charge on any atom is -0.490 e. The topological polar surface area (TPSA) is 72.5 Å². The molecule has 1 aromatic heterocycles. The van der Waals surface area contributed by atoms with Gasteiger partial charge in [-0.15, -0.1) is 0 Å². The highest BCUT2D eigenvalue weighted by molar-refractivity contribution is 5.83. The van der Waals surface area contributed by atoms with Crippen LogP contribution in [-0.2, 0) is 21.3 Å². The van der Waals surface area contributed by atoms with Gasteiger partial charge in [-0.1, -0.05) is 12.1 Å². The summed E-state index contributed by atoms with van der Waals surface area (Å²) in [5.74, 6) is -7.53. The van der Waals surface area contributed by atoms with E-state index >= 15 is 0 Å². The quantitative estimate of drug-likeness (QED) is 0.402. The lowest BCUT2D eigenvalue weighted by Gasteiger charge is -2.39. The molecule has 6 nitrogen and oxygen atoms in total. The first-order valence-corrected chi connectivity index (χ1v) is 10.9. The molecule has 4 rings (SSSR count). The van der Waals surface area contributed by atoms with Crippen molar-refractivity contribution in [1.29, 1.82) is 0 Å². The Kier molecular flexibility index (Phi) is 6.60. The highest BCUT2D eigenvalue weighted by Gasteiger charge is 2.61. The third-order valence-electron chi connectivity index (χ3n) is 6.44. The molecule has 0 spiro atoms. The van der Waals surface area contributed by atoms with Crippen molar-refractivity contribution in [3.05, 3.63) is 53.5 Å². The number of ether oxygens (including phenoxy) is 2. The zero-order valence-corrected chi connectivity index (χ0v) is 18.6. The zero-order valence-electron chi connectivity index (χ0n) is 18.6. The molecule has 2 N–H and O–H groups in total. The molecular formula is C23H23F6N3O3. The predicted molar refractivity (Wildman–Crippen MR) is 112 cm³/mol. The van der Waals surface area contributed by atoms with Crippen LogP contribution in [0.5, 0.6) is 5.75 Å². The second-order valence-electron chi connectivity index (χ2n) is 8.68. The maximum atomic E-state index is 13.9. The van der Waals surface area contributed by atoms with Gasteiger partial charge in [0.15, 0.2) is 5.82 Å². The smallest absolute Gasteiger partial charge is 0.423 e. The Morgan fingerprint density at radius 3 is 2.29 bits per heavy atom. The molecule has 1 heterocycles. The Labute approximate surface area is 197 Å². The summed E-state index contributed by atoms with van der Waals surface area (Å²) in [6, 6.07) is 6.94. The van der Waals surface area contributed by atoms with Crippen molar-refractivity contribution in [2.45, 2.75) is 55.9 Å². The lowest BCUT2D eigenvalue weighted by Crippen LogP contribution is -2.37. The molecule has 190 valence electrons. The van der Waals surface area contributed by atoms with E-state index in [4.69, 9.17) is 9.47 Å². The summed E-state index contributed by atoms with van der Waals surface area (Å²) in [7, 11) is 1.53. The van der Waals surface area contributed by atoms with Gasteiger partial charge in [0.1, 0.15) is 23.0 Å². The Bertz CT molecular complexity index is 1070. The molecule has 1 amide bonds. The van der Waals surface area contributed by atoms with Gasteiger partial charge in [-0.25, -0.2) is 18.2 Å². The number of alkyl halides is 5. The zero-order chi connectivity index (χ0) is 25.4. The van der Waals surface area contributed by atoms with Crippen LogP contribution in [0.15, 0.2) is 36.5 Å². The molecule has 1 atom stereocenters. The molecule has 1 unspecified atom stereocenters. The summed E-state index contributed by atoms with van der Waals surface area (Å²) >= 11 is 0. The van der Waals surface area contributed by atoms with Crippen molar-refractivity contribution in [3.63, 3.8) is 0 Å². The molecule has 0 bridgehead atoms. The highest BCUT2D eigenvalue weighted by atomic mass is 19.4. The minimum atomic E-state index is -4.90. The van der Waals surface area contributed by atoms with Crippen LogP contribution in [0, 0.1) is 11.7 Å². The Hall–Kier alpha value is -3.02. The van der Waals surface area contributed by atoms with Crippen molar-refractivity contribution >= 4 is 11.7 Å². The molecule has 2 saturated carbocycles. The van der Waals surface area contributed by atoms with Gasteiger partial charge in [0.2, 0.25) is 5.91 Å². The molecule has 12 heteroatoms. The Balaban J connectivity index is 1.47. The van der Waals surface area contributed by atoms with Crippen molar-refractivity contribution in [2.75, 3.05) is 12.5 Å². The lowest BCUT2D eigenvalue weighted by molar-refractivity contribution is -0.139. The fraction of sp³-hybridized carbons (Fsp3) is 0.478. The molecule has 0 saturated heterocycles. The highest BCUT2D eigenvalue weighted by Crippen LogP contribution is 2.49. The fourth-order valence-electron chi connectivity index (χ4n) is 4.34. The standard InChI is InChI=1S/C23H23F6N3O3/c1-34-21(13-2-4-14(24)5-3-13)9-6-15(7-10-21)35-17-8-11-30-19(18(17)23(27,28)29)31-32-20(33)16-12-22(16,25)26/h2-5,8,11,15-16H,6-7,9-10,12H2,1H3,(H,30,31)(H,32,33)/t15-,16?,21-. The molecule has 0 aliphatic heterocycles. The second kappa shape index (κ2) is 9.21. The van der Waals surface area contributed by atoms with Gasteiger partial charge in [-0.3, -0.25) is 15.6 Å². The van der Waals surface area contributed by atoms with E-state index in [0.29, 0.717) is 25.7 Å². The Morgan fingerprint density at radius 1 is 1.11 bits per heavy atom. The third-order valence-corrected chi connectivity index (χ3v) is 6.44. The van der Waals surface area contributed by atoms with Crippen LogP contribution in [0.3, 0.4) is 0 Å². The third kappa shape index (κ3) is 5.31. The number of nitrogens with one attached hydrogen (secondary N) is 2. The normalized spacial score (nSPS) is 25.6. The number of carbonyl (C=O) groups is 1. The average molecular weight is 503 g/mol. The number of nitrogens with zero attached hydrogens (tertiary/aromatic N) is 1. The number of carbonyl (C=O) groups excluding carboxylic acids is 1. The Morgan fingerprint density at radius 2 is 1.74 bits per heavy atom. The monoisotopic (exact) mass is 503 g/mol. The van der Waals surface area contributed by atoms with Gasteiger partial charge < -0.3 is 9.47 Å². The van der Waals surface area contributed by atoms with Crippen LogP contribution in [0.4, 0.5) is 32.2 Å². The van der Waals surface area contributed by atoms with E-state index in [-0.39, 0.29) is 5.82 Å². The number of hydrogen-bond donors (Lipinski definition) is 2. The van der Waals surface area contributed by atoms with Crippen LogP contribution >= 0.6 is 0 Å². The van der Waals surface area contributed by atoms with Gasteiger partial charge in [0, 0.05) is 19.7 Å². The fourth-order valence-corrected chi connectivity index (χ4v) is 4.34. The number of aromatic nitrogens is 1.